The highest BCUT2D eigenvalue weighted by molar-refractivity contribution is 5.79. The van der Waals surface area contributed by atoms with Gasteiger partial charge in [0, 0.05) is 19.3 Å². The molecule has 2 N–H and O–H groups in total. The summed E-state index contributed by atoms with van der Waals surface area (Å²) < 4.78 is 7.42. The summed E-state index contributed by atoms with van der Waals surface area (Å²) in [7, 11) is 0. The lowest BCUT2D eigenvalue weighted by molar-refractivity contribution is -0.126. The van der Waals surface area contributed by atoms with Crippen LogP contribution in [0.3, 0.4) is 0 Å². The summed E-state index contributed by atoms with van der Waals surface area (Å²) in [6.07, 6.45) is 3.81. The molecule has 2 aromatic rings. The standard InChI is InChI=1S/C15H20N4O2/c1-11-3-2-5-19-13(11)8-17-14(19)9-18-15(20)12-7-16-4-6-21-10-12/h2-3,5,8,12,16H,4,6-7,9-10H2,1H3,(H,18,20). The third-order valence-electron chi connectivity index (χ3n) is 3.78. The molecule has 0 aromatic carbocycles. The van der Waals surface area contributed by atoms with E-state index in [1.165, 1.54) is 5.56 Å². The third-order valence-corrected chi connectivity index (χ3v) is 3.78. The van der Waals surface area contributed by atoms with Crippen LogP contribution in [0.15, 0.2) is 24.5 Å². The van der Waals surface area contributed by atoms with Crippen molar-refractivity contribution < 1.29 is 9.53 Å². The summed E-state index contributed by atoms with van der Waals surface area (Å²) >= 11 is 0. The molecule has 0 bridgehead atoms. The van der Waals surface area contributed by atoms with Gasteiger partial charge in [0.05, 0.1) is 37.4 Å². The van der Waals surface area contributed by atoms with Crippen LogP contribution in [0, 0.1) is 12.8 Å². The Morgan fingerprint density at radius 3 is 3.43 bits per heavy atom. The number of aromatic nitrogens is 2. The number of hydrogen-bond donors (Lipinski definition) is 2. The van der Waals surface area contributed by atoms with Gasteiger partial charge in [-0.25, -0.2) is 4.98 Å². The maximum absolute atomic E-state index is 12.2. The number of carbonyl (C=O) groups is 1. The summed E-state index contributed by atoms with van der Waals surface area (Å²) in [5, 5.41) is 6.15. The zero-order chi connectivity index (χ0) is 14.7. The minimum atomic E-state index is -0.138. The Morgan fingerprint density at radius 1 is 1.62 bits per heavy atom. The topological polar surface area (TPSA) is 67.7 Å². The van der Waals surface area contributed by atoms with Crippen LogP contribution >= 0.6 is 0 Å². The highest BCUT2D eigenvalue weighted by atomic mass is 16.5. The van der Waals surface area contributed by atoms with Crippen molar-refractivity contribution in [3.05, 3.63) is 35.9 Å². The number of amides is 1. The van der Waals surface area contributed by atoms with Gasteiger partial charge in [-0.15, -0.1) is 0 Å². The molecule has 3 rings (SSSR count). The van der Waals surface area contributed by atoms with E-state index in [2.05, 4.69) is 15.6 Å². The average Bonchev–Trinajstić information content (AvgIpc) is 2.72. The first-order valence-electron chi connectivity index (χ1n) is 7.23. The predicted octanol–water partition coefficient (Wildman–Crippen LogP) is 0.495. The molecule has 1 fully saturated rings. The molecule has 6 heteroatoms. The first-order chi connectivity index (χ1) is 10.3. The second-order valence-electron chi connectivity index (χ2n) is 5.31. The molecule has 112 valence electrons. The van der Waals surface area contributed by atoms with Crippen molar-refractivity contribution in [1.82, 2.24) is 20.0 Å². The number of ether oxygens (including phenoxy) is 1. The highest BCUT2D eigenvalue weighted by Crippen LogP contribution is 2.11. The van der Waals surface area contributed by atoms with Crippen LogP contribution in [0.25, 0.3) is 5.52 Å². The zero-order valence-electron chi connectivity index (χ0n) is 12.1. The third kappa shape index (κ3) is 3.06. The van der Waals surface area contributed by atoms with Crippen LogP contribution in [-0.4, -0.2) is 41.6 Å². The number of rotatable bonds is 3. The van der Waals surface area contributed by atoms with Crippen molar-refractivity contribution in [3.8, 4) is 0 Å². The fourth-order valence-electron chi connectivity index (χ4n) is 2.53. The number of nitrogens with zero attached hydrogens (tertiary/aromatic N) is 2. The number of carbonyl (C=O) groups excluding carboxylic acids is 1. The number of fused-ring (bicyclic) bond motifs is 1. The Bertz CT molecular complexity index is 630. The van der Waals surface area contributed by atoms with E-state index in [0.717, 1.165) is 17.9 Å². The molecule has 2 aromatic heterocycles. The van der Waals surface area contributed by atoms with E-state index in [1.807, 2.05) is 35.9 Å². The predicted molar refractivity (Wildman–Crippen MR) is 79.0 cm³/mol. The van der Waals surface area contributed by atoms with Crippen molar-refractivity contribution in [1.29, 1.82) is 0 Å². The maximum Gasteiger partial charge on any atom is 0.227 e. The van der Waals surface area contributed by atoms with Gasteiger partial charge >= 0.3 is 0 Å². The van der Waals surface area contributed by atoms with Crippen molar-refractivity contribution in [2.45, 2.75) is 13.5 Å². The monoisotopic (exact) mass is 288 g/mol. The fourth-order valence-corrected chi connectivity index (χ4v) is 2.53. The first kappa shape index (κ1) is 14.0. The molecule has 3 heterocycles. The summed E-state index contributed by atoms with van der Waals surface area (Å²) in [6, 6.07) is 4.03. The van der Waals surface area contributed by atoms with E-state index in [0.29, 0.717) is 26.3 Å². The number of imidazole rings is 1. The van der Waals surface area contributed by atoms with E-state index < -0.39 is 0 Å². The number of aryl methyl sites for hydroxylation is 1. The molecule has 1 amide bonds. The number of pyridine rings is 1. The largest absolute Gasteiger partial charge is 0.379 e. The fraction of sp³-hybridized carbons (Fsp3) is 0.467. The molecule has 0 saturated carbocycles. The molecule has 0 spiro atoms. The van der Waals surface area contributed by atoms with Gasteiger partial charge < -0.3 is 19.8 Å². The molecule has 6 nitrogen and oxygen atoms in total. The van der Waals surface area contributed by atoms with Crippen molar-refractivity contribution in [2.24, 2.45) is 5.92 Å². The van der Waals surface area contributed by atoms with Crippen molar-refractivity contribution >= 4 is 11.4 Å². The first-order valence-corrected chi connectivity index (χ1v) is 7.23. The summed E-state index contributed by atoms with van der Waals surface area (Å²) in [6.45, 7) is 5.07. The average molecular weight is 288 g/mol. The van der Waals surface area contributed by atoms with Gasteiger partial charge in [-0.3, -0.25) is 4.79 Å². The maximum atomic E-state index is 12.2. The van der Waals surface area contributed by atoms with Gasteiger partial charge in [0.2, 0.25) is 5.91 Å². The highest BCUT2D eigenvalue weighted by Gasteiger charge is 2.20. The van der Waals surface area contributed by atoms with E-state index >= 15 is 0 Å². The van der Waals surface area contributed by atoms with Gasteiger partial charge in [0.1, 0.15) is 5.82 Å². The molecule has 1 atom stereocenters. The number of nitrogens with one attached hydrogen (secondary N) is 2. The molecule has 0 radical (unpaired) electrons. The number of hydrogen-bond acceptors (Lipinski definition) is 4. The van der Waals surface area contributed by atoms with Crippen LogP contribution in [0.4, 0.5) is 0 Å². The minimum absolute atomic E-state index is 0.00815. The Kier molecular flexibility index (Phi) is 4.17. The SMILES string of the molecule is Cc1cccn2c(CNC(=O)C3CNCCOC3)ncc12. The molecular formula is C15H20N4O2. The summed E-state index contributed by atoms with van der Waals surface area (Å²) in [4.78, 5) is 16.6. The van der Waals surface area contributed by atoms with Gasteiger partial charge in [-0.1, -0.05) is 6.07 Å². The van der Waals surface area contributed by atoms with E-state index in [9.17, 15) is 4.79 Å². The Labute approximate surface area is 123 Å². The van der Waals surface area contributed by atoms with Gasteiger partial charge in [0.15, 0.2) is 0 Å². The lowest BCUT2D eigenvalue weighted by Crippen LogP contribution is -2.37. The van der Waals surface area contributed by atoms with Crippen LogP contribution in [0.2, 0.25) is 0 Å². The second-order valence-corrected chi connectivity index (χ2v) is 5.31. The van der Waals surface area contributed by atoms with E-state index in [1.54, 1.807) is 0 Å². The molecule has 1 aliphatic rings. The van der Waals surface area contributed by atoms with Crippen molar-refractivity contribution in [3.63, 3.8) is 0 Å². The van der Waals surface area contributed by atoms with E-state index in [-0.39, 0.29) is 11.8 Å². The van der Waals surface area contributed by atoms with Gasteiger partial charge in [-0.2, -0.15) is 0 Å². The van der Waals surface area contributed by atoms with Gasteiger partial charge in [-0.05, 0) is 18.6 Å². The van der Waals surface area contributed by atoms with Crippen LogP contribution in [0.5, 0.6) is 0 Å². The normalized spacial score (nSPS) is 19.4. The quantitative estimate of drug-likeness (QED) is 0.863. The molecule has 21 heavy (non-hydrogen) atoms. The zero-order valence-corrected chi connectivity index (χ0v) is 12.1. The van der Waals surface area contributed by atoms with Crippen molar-refractivity contribution in [2.75, 3.05) is 26.3 Å². The Hall–Kier alpha value is -1.92. The van der Waals surface area contributed by atoms with Gasteiger partial charge in [0.25, 0.3) is 0 Å². The molecule has 0 aliphatic carbocycles. The molecule has 1 saturated heterocycles. The molecule has 1 unspecified atom stereocenters. The van der Waals surface area contributed by atoms with E-state index in [4.69, 9.17) is 4.74 Å². The minimum Gasteiger partial charge on any atom is -0.379 e. The van der Waals surface area contributed by atoms with Crippen LogP contribution in [0.1, 0.15) is 11.4 Å². The smallest absolute Gasteiger partial charge is 0.227 e. The van der Waals surface area contributed by atoms with Crippen LogP contribution < -0.4 is 10.6 Å². The summed E-state index contributed by atoms with van der Waals surface area (Å²) in [5.74, 6) is 0.707. The Balaban J connectivity index is 1.66. The lowest BCUT2D eigenvalue weighted by atomic mass is 10.1. The molecular weight excluding hydrogens is 268 g/mol. The second kappa shape index (κ2) is 6.24. The summed E-state index contributed by atoms with van der Waals surface area (Å²) in [5.41, 5.74) is 2.24. The Morgan fingerprint density at radius 2 is 2.52 bits per heavy atom. The lowest BCUT2D eigenvalue weighted by Gasteiger charge is -2.13. The van der Waals surface area contributed by atoms with Crippen LogP contribution in [-0.2, 0) is 16.1 Å². The molecule has 1 aliphatic heterocycles.